The standard InChI is InChI=1S/C38H36ClNO9/c1-23-5-19-35(47-23)33(41)18-10-26-21-29(46-4)16-20-34(26)49-38(44)25-8-6-24(7-9-25)37(43)48-30-15-17-31(32(39)22-30)36(42)40(2)27-11-13-28(45-3)14-12-27/h5,10-22,24-25H,6-9H2,1-4H3/b18-10+. The maximum atomic E-state index is 13.2. The molecule has 3 aromatic carbocycles. The van der Waals surface area contributed by atoms with Crippen molar-refractivity contribution < 1.29 is 42.5 Å². The number of carbonyl (C=O) groups is 4. The summed E-state index contributed by atoms with van der Waals surface area (Å²) in [6.45, 7) is 1.75. The fourth-order valence-electron chi connectivity index (χ4n) is 5.48. The summed E-state index contributed by atoms with van der Waals surface area (Å²) in [5.74, 6) is 0.180. The second-order valence-corrected chi connectivity index (χ2v) is 12.0. The summed E-state index contributed by atoms with van der Waals surface area (Å²) in [5.41, 5.74) is 1.40. The first-order valence-corrected chi connectivity index (χ1v) is 16.1. The van der Waals surface area contributed by atoms with Crippen molar-refractivity contribution >= 4 is 47.0 Å². The number of ether oxygens (including phenoxy) is 4. The summed E-state index contributed by atoms with van der Waals surface area (Å²) in [7, 11) is 4.72. The van der Waals surface area contributed by atoms with Crippen molar-refractivity contribution in [2.45, 2.75) is 32.6 Å². The zero-order valence-corrected chi connectivity index (χ0v) is 28.3. The quantitative estimate of drug-likeness (QED) is 0.0675. The molecule has 5 rings (SSSR count). The average Bonchev–Trinajstić information content (AvgIpc) is 3.56. The number of rotatable bonds is 11. The third-order valence-electron chi connectivity index (χ3n) is 8.37. The maximum absolute atomic E-state index is 13.2. The molecule has 49 heavy (non-hydrogen) atoms. The maximum Gasteiger partial charge on any atom is 0.314 e. The number of hydrogen-bond donors (Lipinski definition) is 0. The van der Waals surface area contributed by atoms with Crippen LogP contribution in [-0.4, -0.2) is 44.9 Å². The molecule has 0 radical (unpaired) electrons. The van der Waals surface area contributed by atoms with Gasteiger partial charge in [0.15, 0.2) is 5.76 Å². The van der Waals surface area contributed by atoms with Crippen LogP contribution in [0, 0.1) is 18.8 Å². The van der Waals surface area contributed by atoms with E-state index < -0.39 is 23.8 Å². The van der Waals surface area contributed by atoms with Crippen molar-refractivity contribution in [3.63, 3.8) is 0 Å². The van der Waals surface area contributed by atoms with Crippen LogP contribution in [0.2, 0.25) is 5.02 Å². The van der Waals surface area contributed by atoms with Gasteiger partial charge in [0.1, 0.15) is 28.8 Å². The lowest BCUT2D eigenvalue weighted by Gasteiger charge is -2.26. The monoisotopic (exact) mass is 685 g/mol. The van der Waals surface area contributed by atoms with E-state index in [1.54, 1.807) is 81.8 Å². The SMILES string of the molecule is COc1ccc(N(C)C(=O)c2ccc(OC(=O)C3CCC(C(=O)Oc4ccc(OC)cc4/C=C/C(=O)c4ccc(C)o4)CC3)cc2Cl)cc1. The lowest BCUT2D eigenvalue weighted by atomic mass is 9.82. The van der Waals surface area contributed by atoms with Crippen LogP contribution in [0.4, 0.5) is 5.69 Å². The first-order valence-electron chi connectivity index (χ1n) is 15.7. The van der Waals surface area contributed by atoms with Crippen LogP contribution >= 0.6 is 11.6 Å². The van der Waals surface area contributed by atoms with E-state index in [0.29, 0.717) is 54.2 Å². The van der Waals surface area contributed by atoms with E-state index in [1.807, 2.05) is 0 Å². The highest BCUT2D eigenvalue weighted by Crippen LogP contribution is 2.34. The number of aryl methyl sites for hydroxylation is 1. The Morgan fingerprint density at radius 1 is 0.776 bits per heavy atom. The number of allylic oxidation sites excluding steroid dienone is 1. The smallest absolute Gasteiger partial charge is 0.314 e. The van der Waals surface area contributed by atoms with Gasteiger partial charge in [-0.3, -0.25) is 19.2 Å². The number of anilines is 1. The zero-order valence-electron chi connectivity index (χ0n) is 27.6. The van der Waals surface area contributed by atoms with Crippen LogP contribution in [0.3, 0.4) is 0 Å². The molecule has 0 spiro atoms. The van der Waals surface area contributed by atoms with E-state index in [4.69, 9.17) is 35.0 Å². The van der Waals surface area contributed by atoms with Gasteiger partial charge in [-0.1, -0.05) is 11.6 Å². The van der Waals surface area contributed by atoms with Crippen LogP contribution in [0.1, 0.15) is 57.9 Å². The molecule has 1 heterocycles. The molecule has 254 valence electrons. The van der Waals surface area contributed by atoms with Gasteiger partial charge in [-0.15, -0.1) is 0 Å². The minimum absolute atomic E-state index is 0.148. The minimum atomic E-state index is -0.434. The van der Waals surface area contributed by atoms with E-state index in [2.05, 4.69) is 0 Å². The third kappa shape index (κ3) is 8.58. The van der Waals surface area contributed by atoms with E-state index in [0.717, 1.165) is 0 Å². The first-order chi connectivity index (χ1) is 23.6. The number of esters is 2. The second-order valence-electron chi connectivity index (χ2n) is 11.6. The number of benzene rings is 3. The summed E-state index contributed by atoms with van der Waals surface area (Å²) in [6, 6.07) is 19.8. The number of halogens is 1. The number of carbonyl (C=O) groups excluding carboxylic acids is 4. The predicted molar refractivity (Wildman–Crippen MR) is 184 cm³/mol. The minimum Gasteiger partial charge on any atom is -0.497 e. The van der Waals surface area contributed by atoms with E-state index in [9.17, 15) is 19.2 Å². The fourth-order valence-corrected chi connectivity index (χ4v) is 5.74. The van der Waals surface area contributed by atoms with Gasteiger partial charge in [0.2, 0.25) is 5.78 Å². The molecule has 4 aromatic rings. The summed E-state index contributed by atoms with van der Waals surface area (Å²) in [4.78, 5) is 53.3. The topological polar surface area (TPSA) is 122 Å². The van der Waals surface area contributed by atoms with Gasteiger partial charge in [-0.2, -0.15) is 0 Å². The van der Waals surface area contributed by atoms with Gasteiger partial charge in [0.05, 0.1) is 36.6 Å². The fraction of sp³-hybridized carbons (Fsp3) is 0.263. The molecule has 0 N–H and O–H groups in total. The van der Waals surface area contributed by atoms with E-state index in [-0.39, 0.29) is 39.5 Å². The average molecular weight is 686 g/mol. The molecule has 1 aliphatic carbocycles. The summed E-state index contributed by atoms with van der Waals surface area (Å²) in [6.07, 6.45) is 4.63. The molecule has 1 saturated carbocycles. The summed E-state index contributed by atoms with van der Waals surface area (Å²) in [5, 5.41) is 0.148. The van der Waals surface area contributed by atoms with Crippen LogP contribution in [0.25, 0.3) is 6.08 Å². The Morgan fingerprint density at radius 2 is 1.39 bits per heavy atom. The Balaban J connectivity index is 1.15. The van der Waals surface area contributed by atoms with Gasteiger partial charge >= 0.3 is 11.9 Å². The number of methoxy groups -OCH3 is 2. The predicted octanol–water partition coefficient (Wildman–Crippen LogP) is 7.75. The largest absolute Gasteiger partial charge is 0.497 e. The molecule has 1 aliphatic rings. The highest BCUT2D eigenvalue weighted by atomic mass is 35.5. The molecule has 10 nitrogen and oxygen atoms in total. The number of amides is 1. The Morgan fingerprint density at radius 3 is 1.98 bits per heavy atom. The van der Waals surface area contributed by atoms with Crippen molar-refractivity contribution in [2.24, 2.45) is 11.8 Å². The molecule has 0 aliphatic heterocycles. The van der Waals surface area contributed by atoms with Crippen molar-refractivity contribution in [2.75, 3.05) is 26.2 Å². The molecule has 0 bridgehead atoms. The number of hydrogen-bond acceptors (Lipinski definition) is 9. The highest BCUT2D eigenvalue weighted by molar-refractivity contribution is 6.34. The van der Waals surface area contributed by atoms with Gasteiger partial charge in [-0.05, 0) is 111 Å². The van der Waals surface area contributed by atoms with Crippen molar-refractivity contribution in [1.82, 2.24) is 0 Å². The lowest BCUT2D eigenvalue weighted by molar-refractivity contribution is -0.145. The van der Waals surface area contributed by atoms with Crippen LogP contribution in [-0.2, 0) is 9.59 Å². The molecular formula is C38H36ClNO9. The van der Waals surface area contributed by atoms with E-state index in [1.165, 1.54) is 36.3 Å². The van der Waals surface area contributed by atoms with Crippen LogP contribution < -0.4 is 23.8 Å². The molecule has 0 saturated heterocycles. The Hall–Kier alpha value is -5.35. The Labute approximate surface area is 289 Å². The number of furan rings is 1. The zero-order chi connectivity index (χ0) is 35.1. The first kappa shape index (κ1) is 35.0. The highest BCUT2D eigenvalue weighted by Gasteiger charge is 2.32. The number of nitrogens with zero attached hydrogens (tertiary/aromatic N) is 1. The molecule has 1 fully saturated rings. The third-order valence-corrected chi connectivity index (χ3v) is 8.69. The van der Waals surface area contributed by atoms with Gasteiger partial charge in [-0.25, -0.2) is 0 Å². The molecule has 0 atom stereocenters. The summed E-state index contributed by atoms with van der Waals surface area (Å²) < 4.78 is 27.3. The van der Waals surface area contributed by atoms with Crippen molar-refractivity contribution in [3.8, 4) is 23.0 Å². The molecule has 1 aromatic heterocycles. The summed E-state index contributed by atoms with van der Waals surface area (Å²) >= 11 is 6.44. The molecular weight excluding hydrogens is 650 g/mol. The van der Waals surface area contributed by atoms with Crippen molar-refractivity contribution in [1.29, 1.82) is 0 Å². The second kappa shape index (κ2) is 15.7. The van der Waals surface area contributed by atoms with Crippen LogP contribution in [0.15, 0.2) is 83.3 Å². The van der Waals surface area contributed by atoms with Gasteiger partial charge in [0.25, 0.3) is 5.91 Å². The Bertz CT molecular complexity index is 1870. The Kier molecular flexibility index (Phi) is 11.2. The van der Waals surface area contributed by atoms with Gasteiger partial charge < -0.3 is 28.3 Å². The van der Waals surface area contributed by atoms with Crippen molar-refractivity contribution in [3.05, 3.63) is 107 Å². The van der Waals surface area contributed by atoms with Gasteiger partial charge in [0, 0.05) is 24.4 Å². The normalized spacial score (nSPS) is 15.8. The van der Waals surface area contributed by atoms with Crippen LogP contribution in [0.5, 0.6) is 23.0 Å². The molecule has 0 unspecified atom stereocenters. The number of ketones is 1. The molecule has 11 heteroatoms. The lowest BCUT2D eigenvalue weighted by Crippen LogP contribution is -2.30. The van der Waals surface area contributed by atoms with E-state index >= 15 is 0 Å². The molecule has 1 amide bonds.